The minimum absolute atomic E-state index is 0.277. The number of rotatable bonds is 5. The number of amides is 1. The van der Waals surface area contributed by atoms with Crippen molar-refractivity contribution in [3.63, 3.8) is 0 Å². The lowest BCUT2D eigenvalue weighted by atomic mass is 9.84. The maximum atomic E-state index is 12.1. The third kappa shape index (κ3) is 3.80. The number of benzene rings is 1. The Bertz CT molecular complexity index is 514. The van der Waals surface area contributed by atoms with Gasteiger partial charge in [0.05, 0.1) is 7.11 Å². The summed E-state index contributed by atoms with van der Waals surface area (Å²) in [6, 6.07) is 8.55. The van der Waals surface area contributed by atoms with Gasteiger partial charge in [-0.15, -0.1) is 0 Å². The maximum Gasteiger partial charge on any atom is 0.223 e. The first-order valence-electron chi connectivity index (χ1n) is 8.40. The Balaban J connectivity index is 1.52. The molecule has 2 aliphatic rings. The van der Waals surface area contributed by atoms with Gasteiger partial charge in [0.25, 0.3) is 0 Å². The fourth-order valence-electron chi connectivity index (χ4n) is 3.34. The molecule has 0 aromatic heterocycles. The highest BCUT2D eigenvalue weighted by atomic mass is 16.5. The molecule has 1 saturated carbocycles. The summed E-state index contributed by atoms with van der Waals surface area (Å²) in [6.45, 7) is 2.98. The highest BCUT2D eigenvalue weighted by molar-refractivity contribution is 5.79. The number of carbonyl (C=O) groups is 1. The zero-order valence-electron chi connectivity index (χ0n) is 13.4. The normalized spacial score (nSPS) is 22.9. The van der Waals surface area contributed by atoms with Crippen LogP contribution in [0.4, 0.5) is 0 Å². The van der Waals surface area contributed by atoms with E-state index in [1.165, 1.54) is 12.0 Å². The summed E-state index contributed by atoms with van der Waals surface area (Å²) in [4.78, 5) is 14.5. The number of piperidine rings is 1. The summed E-state index contributed by atoms with van der Waals surface area (Å²) < 4.78 is 5.29. The maximum absolute atomic E-state index is 12.1. The number of hydrogen-bond acceptors (Lipinski definition) is 3. The number of likely N-dealkylation sites (tertiary alicyclic amines) is 1. The molecule has 22 heavy (non-hydrogen) atoms. The van der Waals surface area contributed by atoms with Crippen LogP contribution in [0, 0.1) is 5.92 Å². The lowest BCUT2D eigenvalue weighted by Gasteiger charge is -2.35. The number of hydrogen-bond donors (Lipinski definition) is 1. The van der Waals surface area contributed by atoms with E-state index < -0.39 is 0 Å². The van der Waals surface area contributed by atoms with E-state index in [4.69, 9.17) is 4.74 Å². The molecular formula is C18H26N2O2. The predicted octanol–water partition coefficient (Wildman–Crippen LogP) is 2.58. The standard InChI is InChI=1S/C18H26N2O2/c1-22-17-9-2-5-14(11-17)12-20-10-4-8-16(13-20)19-18(21)15-6-3-7-15/h2,5,9,11,15-16H,3-4,6-8,10,12-13H2,1H3,(H,19,21). The van der Waals surface area contributed by atoms with Crippen LogP contribution in [-0.2, 0) is 11.3 Å². The Morgan fingerprint density at radius 3 is 2.91 bits per heavy atom. The number of carbonyl (C=O) groups excluding carboxylic acids is 1. The molecule has 1 unspecified atom stereocenters. The fourth-order valence-corrected chi connectivity index (χ4v) is 3.34. The van der Waals surface area contributed by atoms with Gasteiger partial charge in [-0.2, -0.15) is 0 Å². The molecular weight excluding hydrogens is 276 g/mol. The summed E-state index contributed by atoms with van der Waals surface area (Å²) in [5.41, 5.74) is 1.27. The minimum atomic E-state index is 0.277. The zero-order chi connectivity index (χ0) is 15.4. The molecule has 4 nitrogen and oxygen atoms in total. The molecule has 2 fully saturated rings. The Morgan fingerprint density at radius 2 is 2.18 bits per heavy atom. The lowest BCUT2D eigenvalue weighted by Crippen LogP contribution is -2.49. The van der Waals surface area contributed by atoms with Crippen molar-refractivity contribution in [3.05, 3.63) is 29.8 Å². The molecule has 4 heteroatoms. The molecule has 1 N–H and O–H groups in total. The van der Waals surface area contributed by atoms with Gasteiger partial charge in [-0.05, 0) is 49.9 Å². The van der Waals surface area contributed by atoms with Crippen LogP contribution in [-0.4, -0.2) is 37.0 Å². The van der Waals surface area contributed by atoms with Gasteiger partial charge >= 0.3 is 0 Å². The van der Waals surface area contributed by atoms with Gasteiger partial charge in [0.15, 0.2) is 0 Å². The van der Waals surface area contributed by atoms with Crippen LogP contribution in [0.15, 0.2) is 24.3 Å². The van der Waals surface area contributed by atoms with Crippen molar-refractivity contribution in [3.8, 4) is 5.75 Å². The van der Waals surface area contributed by atoms with Crippen LogP contribution < -0.4 is 10.1 Å². The van der Waals surface area contributed by atoms with Crippen molar-refractivity contribution in [1.29, 1.82) is 0 Å². The molecule has 1 aliphatic heterocycles. The van der Waals surface area contributed by atoms with Gasteiger partial charge in [-0.1, -0.05) is 18.6 Å². The van der Waals surface area contributed by atoms with Crippen LogP contribution in [0.25, 0.3) is 0 Å². The lowest BCUT2D eigenvalue weighted by molar-refractivity contribution is -0.128. The van der Waals surface area contributed by atoms with Crippen LogP contribution in [0.3, 0.4) is 0 Å². The Morgan fingerprint density at radius 1 is 1.32 bits per heavy atom. The second-order valence-corrected chi connectivity index (χ2v) is 6.56. The smallest absolute Gasteiger partial charge is 0.223 e. The second kappa shape index (κ2) is 7.14. The molecule has 1 aliphatic carbocycles. The van der Waals surface area contributed by atoms with E-state index in [0.717, 1.165) is 51.1 Å². The minimum Gasteiger partial charge on any atom is -0.497 e. The molecule has 0 radical (unpaired) electrons. The highest BCUT2D eigenvalue weighted by Crippen LogP contribution is 2.27. The number of ether oxygens (including phenoxy) is 1. The molecule has 1 heterocycles. The average Bonchev–Trinajstić information content (AvgIpc) is 2.46. The average molecular weight is 302 g/mol. The summed E-state index contributed by atoms with van der Waals surface area (Å²) in [6.07, 6.45) is 5.62. The number of nitrogens with zero attached hydrogens (tertiary/aromatic N) is 1. The first-order chi connectivity index (χ1) is 10.7. The quantitative estimate of drug-likeness (QED) is 0.909. The van der Waals surface area contributed by atoms with Gasteiger partial charge in [-0.3, -0.25) is 9.69 Å². The molecule has 1 amide bonds. The van der Waals surface area contributed by atoms with Crippen molar-refractivity contribution in [2.75, 3.05) is 20.2 Å². The van der Waals surface area contributed by atoms with E-state index in [1.807, 2.05) is 12.1 Å². The SMILES string of the molecule is COc1cccc(CN2CCCC(NC(=O)C3CCC3)C2)c1. The molecule has 1 aromatic rings. The summed E-state index contributed by atoms with van der Waals surface area (Å²) in [5, 5.41) is 3.25. The third-order valence-electron chi connectivity index (χ3n) is 4.87. The van der Waals surface area contributed by atoms with Gasteiger partial charge in [-0.25, -0.2) is 0 Å². The summed E-state index contributed by atoms with van der Waals surface area (Å²) >= 11 is 0. The number of methoxy groups -OCH3 is 1. The number of nitrogens with one attached hydrogen (secondary N) is 1. The molecule has 1 atom stereocenters. The molecule has 0 bridgehead atoms. The van der Waals surface area contributed by atoms with Gasteiger partial charge < -0.3 is 10.1 Å². The second-order valence-electron chi connectivity index (χ2n) is 6.56. The predicted molar refractivity (Wildman–Crippen MR) is 86.8 cm³/mol. The molecule has 3 rings (SSSR count). The van der Waals surface area contributed by atoms with Crippen molar-refractivity contribution >= 4 is 5.91 Å². The van der Waals surface area contributed by atoms with Crippen LogP contribution >= 0.6 is 0 Å². The largest absolute Gasteiger partial charge is 0.497 e. The van der Waals surface area contributed by atoms with E-state index >= 15 is 0 Å². The van der Waals surface area contributed by atoms with E-state index in [1.54, 1.807) is 7.11 Å². The van der Waals surface area contributed by atoms with E-state index in [2.05, 4.69) is 22.3 Å². The molecule has 120 valence electrons. The zero-order valence-corrected chi connectivity index (χ0v) is 13.4. The summed E-state index contributed by atoms with van der Waals surface area (Å²) in [5.74, 6) is 1.47. The van der Waals surface area contributed by atoms with Crippen LogP contribution in [0.5, 0.6) is 5.75 Å². The van der Waals surface area contributed by atoms with E-state index in [9.17, 15) is 4.79 Å². The van der Waals surface area contributed by atoms with Crippen molar-refractivity contribution in [2.24, 2.45) is 5.92 Å². The molecule has 1 aromatic carbocycles. The first kappa shape index (κ1) is 15.3. The first-order valence-corrected chi connectivity index (χ1v) is 8.40. The molecule has 1 saturated heterocycles. The fraction of sp³-hybridized carbons (Fsp3) is 0.611. The van der Waals surface area contributed by atoms with E-state index in [-0.39, 0.29) is 11.8 Å². The van der Waals surface area contributed by atoms with E-state index in [0.29, 0.717) is 6.04 Å². The topological polar surface area (TPSA) is 41.6 Å². The van der Waals surface area contributed by atoms with Crippen molar-refractivity contribution in [2.45, 2.75) is 44.7 Å². The Kier molecular flexibility index (Phi) is 4.98. The Hall–Kier alpha value is -1.55. The van der Waals surface area contributed by atoms with Gasteiger partial charge in [0, 0.05) is 25.0 Å². The molecule has 0 spiro atoms. The monoisotopic (exact) mass is 302 g/mol. The third-order valence-corrected chi connectivity index (χ3v) is 4.87. The van der Waals surface area contributed by atoms with Gasteiger partial charge in [0.1, 0.15) is 5.75 Å². The summed E-state index contributed by atoms with van der Waals surface area (Å²) in [7, 11) is 1.70. The van der Waals surface area contributed by atoms with Crippen LogP contribution in [0.2, 0.25) is 0 Å². The highest BCUT2D eigenvalue weighted by Gasteiger charge is 2.28. The van der Waals surface area contributed by atoms with Crippen LogP contribution in [0.1, 0.15) is 37.7 Å². The Labute approximate surface area is 132 Å². The van der Waals surface area contributed by atoms with Gasteiger partial charge in [0.2, 0.25) is 5.91 Å². The van der Waals surface area contributed by atoms with Crippen molar-refractivity contribution < 1.29 is 9.53 Å². The van der Waals surface area contributed by atoms with Crippen molar-refractivity contribution in [1.82, 2.24) is 10.2 Å².